The smallest absolute Gasteiger partial charge is 0.157 e. The van der Waals surface area contributed by atoms with Crippen LogP contribution < -0.4 is 5.32 Å². The van der Waals surface area contributed by atoms with E-state index in [1.54, 1.807) is 0 Å². The number of aryl methyl sites for hydroxylation is 2. The van der Waals surface area contributed by atoms with Gasteiger partial charge in [-0.15, -0.1) is 0 Å². The summed E-state index contributed by atoms with van der Waals surface area (Å²) < 4.78 is 1.81. The van der Waals surface area contributed by atoms with Crippen molar-refractivity contribution in [3.8, 4) is 5.82 Å². The zero-order valence-electron chi connectivity index (χ0n) is 10.7. The van der Waals surface area contributed by atoms with E-state index in [9.17, 15) is 0 Å². The van der Waals surface area contributed by atoms with Crippen LogP contribution in [0.5, 0.6) is 0 Å². The Hall–Kier alpha value is -1.75. The van der Waals surface area contributed by atoms with Crippen molar-refractivity contribution >= 4 is 0 Å². The molecule has 0 bridgehead atoms. The van der Waals surface area contributed by atoms with Crippen LogP contribution in [0.1, 0.15) is 29.9 Å². The van der Waals surface area contributed by atoms with Crippen molar-refractivity contribution in [3.05, 3.63) is 35.5 Å². The summed E-state index contributed by atoms with van der Waals surface area (Å²) in [6.45, 7) is 4.75. The molecule has 0 saturated heterocycles. The molecule has 0 aliphatic heterocycles. The van der Waals surface area contributed by atoms with Gasteiger partial charge in [-0.3, -0.25) is 0 Å². The monoisotopic (exact) mass is 243 g/mol. The molecule has 0 unspecified atom stereocenters. The number of rotatable bonds is 4. The van der Waals surface area contributed by atoms with Gasteiger partial charge >= 0.3 is 0 Å². The van der Waals surface area contributed by atoms with Crippen molar-refractivity contribution in [1.29, 1.82) is 0 Å². The molecular formula is C13H17N5. The van der Waals surface area contributed by atoms with E-state index in [1.807, 2.05) is 37.0 Å². The summed E-state index contributed by atoms with van der Waals surface area (Å²) in [6, 6.07) is 2.66. The third-order valence-corrected chi connectivity index (χ3v) is 3.00. The minimum atomic E-state index is 0.719. The van der Waals surface area contributed by atoms with Gasteiger partial charge in [0.15, 0.2) is 5.82 Å². The summed E-state index contributed by atoms with van der Waals surface area (Å²) >= 11 is 0. The fourth-order valence-electron chi connectivity index (χ4n) is 1.94. The third-order valence-electron chi connectivity index (χ3n) is 3.00. The van der Waals surface area contributed by atoms with Gasteiger partial charge in [0.25, 0.3) is 0 Å². The van der Waals surface area contributed by atoms with Crippen molar-refractivity contribution in [2.24, 2.45) is 0 Å². The molecule has 1 aliphatic rings. The van der Waals surface area contributed by atoms with Crippen LogP contribution in [0, 0.1) is 13.8 Å². The Bertz CT molecular complexity index is 536. The number of nitrogens with zero attached hydrogens (tertiary/aromatic N) is 4. The van der Waals surface area contributed by atoms with Gasteiger partial charge in [0.05, 0.1) is 6.20 Å². The average Bonchev–Trinajstić information content (AvgIpc) is 3.02. The highest BCUT2D eigenvalue weighted by Crippen LogP contribution is 2.19. The molecule has 2 aromatic rings. The largest absolute Gasteiger partial charge is 0.310 e. The Morgan fingerprint density at radius 3 is 2.89 bits per heavy atom. The van der Waals surface area contributed by atoms with E-state index in [0.29, 0.717) is 0 Å². The molecular weight excluding hydrogens is 226 g/mol. The Morgan fingerprint density at radius 2 is 2.17 bits per heavy atom. The second-order valence-electron chi connectivity index (χ2n) is 4.86. The molecule has 0 amide bonds. The molecule has 1 saturated carbocycles. The van der Waals surface area contributed by atoms with Crippen molar-refractivity contribution < 1.29 is 0 Å². The van der Waals surface area contributed by atoms with Gasteiger partial charge in [-0.2, -0.15) is 5.10 Å². The SMILES string of the molecule is Cc1cc(-n2cc(CNC3CC3)cn2)nc(C)n1. The summed E-state index contributed by atoms with van der Waals surface area (Å²) in [5.41, 5.74) is 2.15. The lowest BCUT2D eigenvalue weighted by Gasteiger charge is -2.02. The van der Waals surface area contributed by atoms with Crippen LogP contribution in [0.25, 0.3) is 5.82 Å². The fourth-order valence-corrected chi connectivity index (χ4v) is 1.94. The molecule has 0 radical (unpaired) electrons. The second kappa shape index (κ2) is 4.49. The summed E-state index contributed by atoms with van der Waals surface area (Å²) in [5.74, 6) is 1.61. The third kappa shape index (κ3) is 2.56. The molecule has 2 aromatic heterocycles. The molecule has 1 aliphatic carbocycles. The van der Waals surface area contributed by atoms with E-state index < -0.39 is 0 Å². The Labute approximate surface area is 106 Å². The van der Waals surface area contributed by atoms with E-state index in [4.69, 9.17) is 0 Å². The van der Waals surface area contributed by atoms with Gasteiger partial charge in [-0.1, -0.05) is 0 Å². The first-order valence-electron chi connectivity index (χ1n) is 6.30. The molecule has 0 aromatic carbocycles. The first-order chi connectivity index (χ1) is 8.70. The predicted octanol–water partition coefficient (Wildman–Crippen LogP) is 1.53. The number of aromatic nitrogens is 4. The van der Waals surface area contributed by atoms with Gasteiger partial charge in [0.1, 0.15) is 5.82 Å². The molecule has 5 nitrogen and oxygen atoms in total. The Morgan fingerprint density at radius 1 is 1.33 bits per heavy atom. The van der Waals surface area contributed by atoms with Crippen LogP contribution >= 0.6 is 0 Å². The molecule has 18 heavy (non-hydrogen) atoms. The van der Waals surface area contributed by atoms with Crippen LogP contribution in [0.15, 0.2) is 18.5 Å². The van der Waals surface area contributed by atoms with Crippen LogP contribution in [-0.4, -0.2) is 25.8 Å². The highest BCUT2D eigenvalue weighted by atomic mass is 15.3. The molecule has 1 N–H and O–H groups in total. The molecule has 3 rings (SSSR count). The number of hydrogen-bond acceptors (Lipinski definition) is 4. The van der Waals surface area contributed by atoms with E-state index in [2.05, 4.69) is 20.4 Å². The normalized spacial score (nSPS) is 15.0. The lowest BCUT2D eigenvalue weighted by molar-refractivity contribution is 0.687. The maximum absolute atomic E-state index is 4.39. The summed E-state index contributed by atoms with van der Waals surface area (Å²) in [4.78, 5) is 8.66. The average molecular weight is 243 g/mol. The van der Waals surface area contributed by atoms with Gasteiger partial charge in [-0.25, -0.2) is 14.6 Å². The minimum Gasteiger partial charge on any atom is -0.310 e. The maximum Gasteiger partial charge on any atom is 0.157 e. The van der Waals surface area contributed by atoms with Crippen molar-refractivity contribution in [1.82, 2.24) is 25.1 Å². The van der Waals surface area contributed by atoms with Crippen molar-refractivity contribution in [2.45, 2.75) is 39.3 Å². The van der Waals surface area contributed by atoms with Crippen LogP contribution in [-0.2, 0) is 6.54 Å². The van der Waals surface area contributed by atoms with Crippen LogP contribution in [0.4, 0.5) is 0 Å². The number of nitrogens with one attached hydrogen (secondary N) is 1. The van der Waals surface area contributed by atoms with Crippen molar-refractivity contribution in [3.63, 3.8) is 0 Å². The lowest BCUT2D eigenvalue weighted by Crippen LogP contribution is -2.14. The topological polar surface area (TPSA) is 55.6 Å². The van der Waals surface area contributed by atoms with E-state index in [-0.39, 0.29) is 0 Å². The molecule has 94 valence electrons. The molecule has 5 heteroatoms. The van der Waals surface area contributed by atoms with E-state index >= 15 is 0 Å². The minimum absolute atomic E-state index is 0.719. The molecule has 0 atom stereocenters. The van der Waals surface area contributed by atoms with Gasteiger partial charge in [0.2, 0.25) is 0 Å². The summed E-state index contributed by atoms with van der Waals surface area (Å²) in [5, 5.41) is 7.83. The Balaban J connectivity index is 1.78. The molecule has 2 heterocycles. The van der Waals surface area contributed by atoms with E-state index in [0.717, 1.165) is 29.9 Å². The first kappa shape index (κ1) is 11.3. The quantitative estimate of drug-likeness (QED) is 0.884. The van der Waals surface area contributed by atoms with Crippen molar-refractivity contribution in [2.75, 3.05) is 0 Å². The highest BCUT2D eigenvalue weighted by molar-refractivity contribution is 5.25. The summed E-state index contributed by atoms with van der Waals surface area (Å²) in [7, 11) is 0. The highest BCUT2D eigenvalue weighted by Gasteiger charge is 2.20. The molecule has 0 spiro atoms. The number of hydrogen-bond donors (Lipinski definition) is 1. The van der Waals surface area contributed by atoms with Gasteiger partial charge in [0, 0.05) is 36.1 Å². The zero-order chi connectivity index (χ0) is 12.5. The van der Waals surface area contributed by atoms with Gasteiger partial charge in [-0.05, 0) is 26.7 Å². The molecule has 1 fully saturated rings. The standard InChI is InChI=1S/C13H17N5/c1-9-5-13(17-10(2)16-9)18-8-11(7-15-18)6-14-12-3-4-12/h5,7-8,12,14H,3-4,6H2,1-2H3. The fraction of sp³-hybridized carbons (Fsp3) is 0.462. The summed E-state index contributed by atoms with van der Waals surface area (Å²) in [6.07, 6.45) is 6.52. The van der Waals surface area contributed by atoms with Gasteiger partial charge < -0.3 is 5.32 Å². The van der Waals surface area contributed by atoms with Crippen LogP contribution in [0.3, 0.4) is 0 Å². The van der Waals surface area contributed by atoms with E-state index in [1.165, 1.54) is 18.4 Å². The zero-order valence-corrected chi connectivity index (χ0v) is 10.7. The lowest BCUT2D eigenvalue weighted by atomic mass is 10.3. The maximum atomic E-state index is 4.39. The van der Waals surface area contributed by atoms with Crippen LogP contribution in [0.2, 0.25) is 0 Å². The Kier molecular flexibility index (Phi) is 2.83. The predicted molar refractivity (Wildman–Crippen MR) is 68.5 cm³/mol. The second-order valence-corrected chi connectivity index (χ2v) is 4.86. The first-order valence-corrected chi connectivity index (χ1v) is 6.30.